The second-order valence-electron chi connectivity index (χ2n) is 6.74. The van der Waals surface area contributed by atoms with Crippen LogP contribution in [0, 0.1) is 0 Å². The molecular formula is C20H22N4O3. The van der Waals surface area contributed by atoms with Gasteiger partial charge in [0.05, 0.1) is 13.2 Å². The topological polar surface area (TPSA) is 74.8 Å². The summed E-state index contributed by atoms with van der Waals surface area (Å²) in [6.45, 7) is 4.99. The molecule has 0 aliphatic carbocycles. The van der Waals surface area contributed by atoms with Crippen LogP contribution in [0.5, 0.6) is 0 Å². The van der Waals surface area contributed by atoms with Crippen LogP contribution in [-0.2, 0) is 16.1 Å². The molecule has 3 heterocycles. The number of pyridine rings is 1. The van der Waals surface area contributed by atoms with E-state index in [-0.39, 0.29) is 11.8 Å². The Hall–Kier alpha value is -2.93. The van der Waals surface area contributed by atoms with Crippen LogP contribution < -0.4 is 10.2 Å². The summed E-state index contributed by atoms with van der Waals surface area (Å²) in [4.78, 5) is 33.7. The molecule has 2 amide bonds. The number of hydrogen-bond acceptors (Lipinski definition) is 5. The lowest BCUT2D eigenvalue weighted by atomic mass is 10.2. The smallest absolute Gasteiger partial charge is 0.273 e. The number of nitrogens with one attached hydrogen (secondary N) is 1. The van der Waals surface area contributed by atoms with Gasteiger partial charge in [0.1, 0.15) is 17.6 Å². The van der Waals surface area contributed by atoms with Gasteiger partial charge < -0.3 is 19.9 Å². The Balaban J connectivity index is 1.48. The summed E-state index contributed by atoms with van der Waals surface area (Å²) in [5.41, 5.74) is 2.01. The quantitative estimate of drug-likeness (QED) is 0.895. The van der Waals surface area contributed by atoms with Crippen LogP contribution in [0.15, 0.2) is 42.5 Å². The first-order chi connectivity index (χ1) is 13.1. The predicted octanol–water partition coefficient (Wildman–Crippen LogP) is 1.90. The molecule has 0 radical (unpaired) electrons. The minimum absolute atomic E-state index is 0.198. The van der Waals surface area contributed by atoms with Gasteiger partial charge >= 0.3 is 0 Å². The van der Waals surface area contributed by atoms with Gasteiger partial charge in [-0.25, -0.2) is 4.98 Å². The lowest BCUT2D eigenvalue weighted by Crippen LogP contribution is -2.42. The average molecular weight is 366 g/mol. The van der Waals surface area contributed by atoms with E-state index in [4.69, 9.17) is 4.74 Å². The number of carbonyl (C=O) groups excluding carboxylic acids is 2. The monoisotopic (exact) mass is 366 g/mol. The number of rotatable bonds is 4. The minimum Gasteiger partial charge on any atom is -0.378 e. The van der Waals surface area contributed by atoms with Gasteiger partial charge in [0.15, 0.2) is 0 Å². The van der Waals surface area contributed by atoms with Crippen molar-refractivity contribution in [1.29, 1.82) is 0 Å². The molecule has 4 rings (SSSR count). The molecule has 2 aromatic rings. The van der Waals surface area contributed by atoms with E-state index in [9.17, 15) is 9.59 Å². The van der Waals surface area contributed by atoms with Gasteiger partial charge in [-0.15, -0.1) is 0 Å². The molecule has 1 fully saturated rings. The van der Waals surface area contributed by atoms with Crippen molar-refractivity contribution >= 4 is 23.3 Å². The van der Waals surface area contributed by atoms with Crippen LogP contribution in [0.4, 0.5) is 11.5 Å². The van der Waals surface area contributed by atoms with E-state index in [1.807, 2.05) is 42.5 Å². The molecule has 2 aliphatic heterocycles. The summed E-state index contributed by atoms with van der Waals surface area (Å²) >= 11 is 0. The zero-order valence-electron chi connectivity index (χ0n) is 15.2. The molecule has 1 aromatic carbocycles. The highest BCUT2D eigenvalue weighted by atomic mass is 16.5. The number of ether oxygens (including phenoxy) is 1. The molecule has 0 unspecified atom stereocenters. The van der Waals surface area contributed by atoms with Gasteiger partial charge in [-0.1, -0.05) is 24.3 Å². The maximum absolute atomic E-state index is 12.9. The van der Waals surface area contributed by atoms with Gasteiger partial charge in [-0.2, -0.15) is 0 Å². The van der Waals surface area contributed by atoms with Crippen molar-refractivity contribution < 1.29 is 14.3 Å². The number of nitrogens with zero attached hydrogens (tertiary/aromatic N) is 3. The molecular weight excluding hydrogens is 344 g/mol. The van der Waals surface area contributed by atoms with Crippen molar-refractivity contribution in [3.8, 4) is 0 Å². The maximum atomic E-state index is 12.9. The fourth-order valence-electron chi connectivity index (χ4n) is 3.37. The molecule has 1 saturated heterocycles. The number of fused-ring (bicyclic) bond motifs is 1. The van der Waals surface area contributed by atoms with Crippen LogP contribution in [-0.4, -0.2) is 54.0 Å². The van der Waals surface area contributed by atoms with Gasteiger partial charge in [-0.05, 0) is 25.1 Å². The largest absolute Gasteiger partial charge is 0.378 e. The summed E-state index contributed by atoms with van der Waals surface area (Å²) in [5, 5.41) is 2.85. The lowest BCUT2D eigenvalue weighted by molar-refractivity contribution is -0.120. The van der Waals surface area contributed by atoms with E-state index >= 15 is 0 Å². The molecule has 1 atom stereocenters. The van der Waals surface area contributed by atoms with Crippen LogP contribution in [0.3, 0.4) is 0 Å². The third kappa shape index (κ3) is 3.50. The second-order valence-corrected chi connectivity index (χ2v) is 6.74. The number of morpholine rings is 1. The first kappa shape index (κ1) is 17.5. The van der Waals surface area contributed by atoms with Gasteiger partial charge in [0, 0.05) is 30.9 Å². The van der Waals surface area contributed by atoms with Crippen molar-refractivity contribution in [3.63, 3.8) is 0 Å². The summed E-state index contributed by atoms with van der Waals surface area (Å²) in [6.07, 6.45) is 0. The lowest BCUT2D eigenvalue weighted by Gasteiger charge is -2.27. The van der Waals surface area contributed by atoms with Crippen LogP contribution >= 0.6 is 0 Å². The molecule has 27 heavy (non-hydrogen) atoms. The molecule has 140 valence electrons. The third-order valence-electron chi connectivity index (χ3n) is 4.99. The number of para-hydroxylation sites is 1. The zero-order chi connectivity index (χ0) is 18.8. The highest BCUT2D eigenvalue weighted by Crippen LogP contribution is 2.26. The summed E-state index contributed by atoms with van der Waals surface area (Å²) in [7, 11) is 0. The van der Waals surface area contributed by atoms with E-state index in [0.717, 1.165) is 24.5 Å². The van der Waals surface area contributed by atoms with Crippen LogP contribution in [0.2, 0.25) is 0 Å². The highest BCUT2D eigenvalue weighted by molar-refractivity contribution is 6.02. The fraction of sp³-hybridized carbons (Fsp3) is 0.350. The van der Waals surface area contributed by atoms with Crippen LogP contribution in [0.25, 0.3) is 0 Å². The van der Waals surface area contributed by atoms with Crippen molar-refractivity contribution in [1.82, 2.24) is 9.88 Å². The molecule has 7 heteroatoms. The first-order valence-electron chi connectivity index (χ1n) is 9.13. The Morgan fingerprint density at radius 2 is 1.89 bits per heavy atom. The van der Waals surface area contributed by atoms with E-state index in [2.05, 4.69) is 15.2 Å². The van der Waals surface area contributed by atoms with Crippen molar-refractivity contribution in [2.24, 2.45) is 0 Å². The number of hydrogen-bond donors (Lipinski definition) is 1. The SMILES string of the molecule is C[C@H](C(=O)Nc1ccccc1)N1Cc2ccc(N3CCOCC3)nc2C1=O. The summed E-state index contributed by atoms with van der Waals surface area (Å²) in [6, 6.07) is 12.5. The normalized spacial score (nSPS) is 17.6. The number of anilines is 2. The number of carbonyl (C=O) groups is 2. The molecule has 0 saturated carbocycles. The Labute approximate surface area is 157 Å². The molecule has 0 bridgehead atoms. The van der Waals surface area contributed by atoms with Crippen molar-refractivity contribution in [2.75, 3.05) is 36.5 Å². The van der Waals surface area contributed by atoms with Crippen LogP contribution in [0.1, 0.15) is 23.0 Å². The molecule has 0 spiro atoms. The second kappa shape index (κ2) is 7.36. The number of amides is 2. The Morgan fingerprint density at radius 3 is 2.63 bits per heavy atom. The maximum Gasteiger partial charge on any atom is 0.273 e. The van der Waals surface area contributed by atoms with E-state index in [0.29, 0.717) is 31.1 Å². The van der Waals surface area contributed by atoms with E-state index in [1.54, 1.807) is 11.8 Å². The summed E-state index contributed by atoms with van der Waals surface area (Å²) in [5.74, 6) is 0.375. The third-order valence-corrected chi connectivity index (χ3v) is 4.99. The van der Waals surface area contributed by atoms with Gasteiger partial charge in [-0.3, -0.25) is 9.59 Å². The Bertz CT molecular complexity index is 850. The number of benzene rings is 1. The molecule has 7 nitrogen and oxygen atoms in total. The van der Waals surface area contributed by atoms with Crippen molar-refractivity contribution in [2.45, 2.75) is 19.5 Å². The van der Waals surface area contributed by atoms with E-state index in [1.165, 1.54) is 0 Å². The molecule has 1 aromatic heterocycles. The standard InChI is InChI=1S/C20H22N4O3/c1-14(19(25)21-16-5-3-2-4-6-16)24-13-15-7-8-17(22-18(15)20(24)26)23-9-11-27-12-10-23/h2-8,14H,9-13H2,1H3,(H,21,25)/t14-/m1/s1. The van der Waals surface area contributed by atoms with Crippen molar-refractivity contribution in [3.05, 3.63) is 53.7 Å². The Morgan fingerprint density at radius 1 is 1.15 bits per heavy atom. The van der Waals surface area contributed by atoms with Gasteiger partial charge in [0.25, 0.3) is 5.91 Å². The van der Waals surface area contributed by atoms with Gasteiger partial charge in [0.2, 0.25) is 5.91 Å². The predicted molar refractivity (Wildman–Crippen MR) is 102 cm³/mol. The molecule has 2 aliphatic rings. The zero-order valence-corrected chi connectivity index (χ0v) is 15.2. The highest BCUT2D eigenvalue weighted by Gasteiger charge is 2.35. The molecule has 1 N–H and O–H groups in total. The average Bonchev–Trinajstić information content (AvgIpc) is 3.05. The van der Waals surface area contributed by atoms with E-state index < -0.39 is 6.04 Å². The number of aromatic nitrogens is 1. The fourth-order valence-corrected chi connectivity index (χ4v) is 3.37. The summed E-state index contributed by atoms with van der Waals surface area (Å²) < 4.78 is 5.37. The first-order valence-corrected chi connectivity index (χ1v) is 9.13. The minimum atomic E-state index is -0.584. The Kier molecular flexibility index (Phi) is 4.77.